The Bertz CT molecular complexity index is 483. The molecular formula is C12H13BO3. The minimum absolute atomic E-state index is 0.154. The Morgan fingerprint density at radius 2 is 2.12 bits per heavy atom. The zero-order valence-electron chi connectivity index (χ0n) is 9.14. The number of hydrogen-bond acceptors (Lipinski definition) is 3. The van der Waals surface area contributed by atoms with E-state index in [9.17, 15) is 5.02 Å². The molecule has 0 bridgehead atoms. The van der Waals surface area contributed by atoms with Crippen LogP contribution in [0.4, 0.5) is 0 Å². The lowest BCUT2D eigenvalue weighted by molar-refractivity contribution is 0.167. The molecule has 3 rings (SSSR count). The number of fused-ring (bicyclic) bond motifs is 1. The molecule has 0 amide bonds. The maximum atomic E-state index is 9.88. The molecule has 1 aromatic heterocycles. The van der Waals surface area contributed by atoms with Gasteiger partial charge in [0, 0.05) is 5.39 Å². The van der Waals surface area contributed by atoms with E-state index in [0.717, 1.165) is 23.8 Å². The Labute approximate surface area is 94.2 Å². The van der Waals surface area contributed by atoms with Gasteiger partial charge in [0.2, 0.25) is 0 Å². The third-order valence-electron chi connectivity index (χ3n) is 3.04. The highest BCUT2D eigenvalue weighted by atomic mass is 16.6. The predicted octanol–water partition coefficient (Wildman–Crippen LogP) is 1.69. The highest BCUT2D eigenvalue weighted by molar-refractivity contribution is 6.59. The largest absolute Gasteiger partial charge is 0.529 e. The van der Waals surface area contributed by atoms with Gasteiger partial charge in [-0.1, -0.05) is 18.2 Å². The smallest absolute Gasteiger partial charge is 0.465 e. The number of benzene rings is 1. The highest BCUT2D eigenvalue weighted by Crippen LogP contribution is 2.38. The summed E-state index contributed by atoms with van der Waals surface area (Å²) >= 11 is 0. The predicted molar refractivity (Wildman–Crippen MR) is 62.5 cm³/mol. The highest BCUT2D eigenvalue weighted by Gasteiger charge is 2.42. The van der Waals surface area contributed by atoms with Gasteiger partial charge in [-0.3, -0.25) is 0 Å². The third kappa shape index (κ3) is 1.74. The molecule has 1 aliphatic carbocycles. The second-order valence-electron chi connectivity index (χ2n) is 4.61. The molecule has 1 aromatic carbocycles. The van der Waals surface area contributed by atoms with Crippen LogP contribution in [0.5, 0.6) is 0 Å². The van der Waals surface area contributed by atoms with Crippen molar-refractivity contribution in [2.75, 3.05) is 0 Å². The Kier molecular flexibility index (Phi) is 2.09. The number of furan rings is 1. The van der Waals surface area contributed by atoms with Crippen LogP contribution in [-0.2, 0) is 4.65 Å². The minimum atomic E-state index is -0.958. The van der Waals surface area contributed by atoms with Crippen LogP contribution in [-0.4, -0.2) is 17.7 Å². The lowest BCUT2D eigenvalue weighted by atomic mass is 9.86. The van der Waals surface area contributed by atoms with Gasteiger partial charge < -0.3 is 14.1 Å². The summed E-state index contributed by atoms with van der Waals surface area (Å²) in [5.74, 6) is 0. The van der Waals surface area contributed by atoms with Crippen LogP contribution < -0.4 is 5.66 Å². The normalized spacial score (nSPS) is 17.6. The summed E-state index contributed by atoms with van der Waals surface area (Å²) in [5.41, 5.74) is 1.11. The van der Waals surface area contributed by atoms with Crippen LogP contribution in [0.1, 0.15) is 19.8 Å². The summed E-state index contributed by atoms with van der Waals surface area (Å²) in [7, 11) is -0.958. The number of rotatable bonds is 3. The molecule has 1 saturated carbocycles. The zero-order chi connectivity index (χ0) is 11.2. The standard InChI is InChI=1S/C12H13BO3/c1-12(6-7-12)16-13(14)11-8-9-4-2-3-5-10(9)15-11/h2-5,8,14H,6-7H2,1H3. The Hall–Kier alpha value is -1.26. The summed E-state index contributed by atoms with van der Waals surface area (Å²) in [6.07, 6.45) is 2.01. The molecule has 1 N–H and O–H groups in total. The van der Waals surface area contributed by atoms with Crippen molar-refractivity contribution in [1.29, 1.82) is 0 Å². The average molecular weight is 216 g/mol. The van der Waals surface area contributed by atoms with E-state index in [4.69, 9.17) is 9.07 Å². The van der Waals surface area contributed by atoms with E-state index in [1.165, 1.54) is 0 Å². The Balaban J connectivity index is 1.87. The quantitative estimate of drug-likeness (QED) is 0.793. The van der Waals surface area contributed by atoms with Crippen molar-refractivity contribution in [3.8, 4) is 0 Å². The van der Waals surface area contributed by atoms with Crippen molar-refractivity contribution in [3.63, 3.8) is 0 Å². The van der Waals surface area contributed by atoms with Crippen LogP contribution in [0, 0.1) is 0 Å². The zero-order valence-corrected chi connectivity index (χ0v) is 9.14. The molecule has 0 radical (unpaired) electrons. The average Bonchev–Trinajstić information content (AvgIpc) is 2.82. The van der Waals surface area contributed by atoms with Crippen molar-refractivity contribution in [2.24, 2.45) is 0 Å². The first-order valence-corrected chi connectivity index (χ1v) is 5.51. The van der Waals surface area contributed by atoms with Crippen LogP contribution in [0.25, 0.3) is 11.0 Å². The summed E-state index contributed by atoms with van der Waals surface area (Å²) < 4.78 is 11.1. The van der Waals surface area contributed by atoms with Gasteiger partial charge in [-0.25, -0.2) is 0 Å². The molecule has 1 aliphatic rings. The minimum Gasteiger partial charge on any atom is -0.465 e. The second-order valence-corrected chi connectivity index (χ2v) is 4.61. The van der Waals surface area contributed by atoms with Gasteiger partial charge in [-0.05, 0) is 31.9 Å². The first-order valence-electron chi connectivity index (χ1n) is 5.51. The number of para-hydroxylation sites is 1. The molecule has 1 heterocycles. The molecule has 2 aromatic rings. The van der Waals surface area contributed by atoms with E-state index in [0.29, 0.717) is 5.66 Å². The monoisotopic (exact) mass is 216 g/mol. The summed E-state index contributed by atoms with van der Waals surface area (Å²) in [6.45, 7) is 2.00. The third-order valence-corrected chi connectivity index (χ3v) is 3.04. The van der Waals surface area contributed by atoms with Gasteiger partial charge in [-0.2, -0.15) is 0 Å². The fourth-order valence-electron chi connectivity index (χ4n) is 1.75. The molecule has 1 fully saturated rings. The van der Waals surface area contributed by atoms with E-state index < -0.39 is 7.12 Å². The van der Waals surface area contributed by atoms with E-state index in [1.807, 2.05) is 37.3 Å². The molecular weight excluding hydrogens is 203 g/mol. The lowest BCUT2D eigenvalue weighted by Crippen LogP contribution is -2.36. The van der Waals surface area contributed by atoms with Crippen molar-refractivity contribution < 1.29 is 14.1 Å². The molecule has 0 unspecified atom stereocenters. The van der Waals surface area contributed by atoms with E-state index in [1.54, 1.807) is 0 Å². The van der Waals surface area contributed by atoms with Gasteiger partial charge in [0.25, 0.3) is 0 Å². The topological polar surface area (TPSA) is 42.6 Å². The Morgan fingerprint density at radius 3 is 2.81 bits per heavy atom. The van der Waals surface area contributed by atoms with Crippen LogP contribution in [0.3, 0.4) is 0 Å². The van der Waals surface area contributed by atoms with Crippen molar-refractivity contribution in [1.82, 2.24) is 0 Å². The van der Waals surface area contributed by atoms with E-state index >= 15 is 0 Å². The summed E-state index contributed by atoms with van der Waals surface area (Å²) in [5, 5.41) is 10.9. The number of hydrogen-bond donors (Lipinski definition) is 1. The van der Waals surface area contributed by atoms with Gasteiger partial charge in [0.15, 0.2) is 0 Å². The molecule has 0 aliphatic heterocycles. The second kappa shape index (κ2) is 3.37. The lowest BCUT2D eigenvalue weighted by Gasteiger charge is -2.11. The molecule has 82 valence electrons. The van der Waals surface area contributed by atoms with Gasteiger partial charge >= 0.3 is 7.12 Å². The molecule has 0 saturated heterocycles. The van der Waals surface area contributed by atoms with E-state index in [2.05, 4.69) is 0 Å². The van der Waals surface area contributed by atoms with Crippen molar-refractivity contribution in [2.45, 2.75) is 25.4 Å². The molecule has 4 heteroatoms. The van der Waals surface area contributed by atoms with Crippen molar-refractivity contribution in [3.05, 3.63) is 30.3 Å². The SMILES string of the molecule is CC1(OB(O)c2cc3ccccc3o2)CC1. The molecule has 16 heavy (non-hydrogen) atoms. The van der Waals surface area contributed by atoms with Gasteiger partial charge in [0.05, 0.1) is 5.60 Å². The fourth-order valence-corrected chi connectivity index (χ4v) is 1.75. The van der Waals surface area contributed by atoms with Gasteiger partial charge in [0.1, 0.15) is 11.2 Å². The van der Waals surface area contributed by atoms with E-state index in [-0.39, 0.29) is 5.60 Å². The molecule has 3 nitrogen and oxygen atoms in total. The van der Waals surface area contributed by atoms with Crippen LogP contribution >= 0.6 is 0 Å². The molecule has 0 atom stereocenters. The first-order chi connectivity index (χ1) is 7.66. The molecule has 0 spiro atoms. The van der Waals surface area contributed by atoms with Crippen molar-refractivity contribution >= 4 is 23.7 Å². The van der Waals surface area contributed by atoms with Gasteiger partial charge in [-0.15, -0.1) is 0 Å². The maximum Gasteiger partial charge on any atom is 0.529 e. The van der Waals surface area contributed by atoms with Crippen LogP contribution in [0.15, 0.2) is 34.7 Å². The first kappa shape index (κ1) is 9.93. The van der Waals surface area contributed by atoms with Crippen LogP contribution in [0.2, 0.25) is 0 Å². The summed E-state index contributed by atoms with van der Waals surface area (Å²) in [6, 6.07) is 9.51. The maximum absolute atomic E-state index is 9.88. The Morgan fingerprint density at radius 1 is 1.38 bits per heavy atom. The fraction of sp³-hybridized carbons (Fsp3) is 0.333. The summed E-state index contributed by atoms with van der Waals surface area (Å²) in [4.78, 5) is 0.